The summed E-state index contributed by atoms with van der Waals surface area (Å²) in [6.45, 7) is 7.85. The van der Waals surface area contributed by atoms with Gasteiger partial charge in [-0.1, -0.05) is 40.5 Å². The summed E-state index contributed by atoms with van der Waals surface area (Å²) in [4.78, 5) is 57.5. The van der Waals surface area contributed by atoms with Gasteiger partial charge < -0.3 is 37.5 Å². The first-order valence-electron chi connectivity index (χ1n) is 12.6. The molecule has 0 saturated heterocycles. The zero-order chi connectivity index (χ0) is 27.3. The lowest BCUT2D eigenvalue weighted by Crippen LogP contribution is -2.58. The molecule has 5 unspecified atom stereocenters. The number of hydrogen-bond acceptors (Lipinski definition) is 7. The molecule has 0 radical (unpaired) electrons. The maximum Gasteiger partial charge on any atom is 0.326 e. The van der Waals surface area contributed by atoms with Crippen molar-refractivity contribution in [3.8, 4) is 0 Å². The molecule has 9 N–H and O–H groups in total. The van der Waals surface area contributed by atoms with Crippen LogP contribution in [0.5, 0.6) is 0 Å². The summed E-state index contributed by atoms with van der Waals surface area (Å²) in [6.07, 6.45) is 5.78. The number of aromatic amines is 1. The van der Waals surface area contributed by atoms with Crippen LogP contribution in [0.1, 0.15) is 65.5 Å². The molecule has 0 saturated carbocycles. The molecule has 3 amide bonds. The molecule has 0 bridgehead atoms. The highest BCUT2D eigenvalue weighted by Gasteiger charge is 2.32. The number of amides is 3. The van der Waals surface area contributed by atoms with Gasteiger partial charge in [0.2, 0.25) is 17.7 Å². The molecule has 0 aliphatic rings. The molecule has 1 aromatic heterocycles. The van der Waals surface area contributed by atoms with E-state index in [-0.39, 0.29) is 24.7 Å². The SMILES string of the molecule is CCC(C)C(NC(=O)C(CC(C)C)NC(=O)C(Cc1cnc[nH]1)NC(=O)C(N)CCCCN)C(=O)O. The van der Waals surface area contributed by atoms with Crippen LogP contribution in [0, 0.1) is 11.8 Å². The number of carbonyl (C=O) groups is 4. The Bertz CT molecular complexity index is 831. The lowest BCUT2D eigenvalue weighted by atomic mass is 9.97. The lowest BCUT2D eigenvalue weighted by molar-refractivity contribution is -0.144. The maximum atomic E-state index is 13.3. The van der Waals surface area contributed by atoms with Crippen molar-refractivity contribution in [1.82, 2.24) is 25.9 Å². The second-order valence-electron chi connectivity index (χ2n) is 9.63. The molecular weight excluding hydrogens is 466 g/mol. The summed E-state index contributed by atoms with van der Waals surface area (Å²) in [5, 5.41) is 17.5. The Hall–Kier alpha value is -2.99. The highest BCUT2D eigenvalue weighted by Crippen LogP contribution is 2.11. The van der Waals surface area contributed by atoms with E-state index < -0.39 is 47.9 Å². The summed E-state index contributed by atoms with van der Waals surface area (Å²) in [5.41, 5.74) is 12.1. The van der Waals surface area contributed by atoms with Crippen LogP contribution in [0.4, 0.5) is 0 Å². The van der Waals surface area contributed by atoms with Crippen LogP contribution in [0.3, 0.4) is 0 Å². The molecule has 0 aliphatic heterocycles. The number of aromatic nitrogens is 2. The van der Waals surface area contributed by atoms with Crippen LogP contribution < -0.4 is 27.4 Å². The second kappa shape index (κ2) is 15.9. The molecule has 12 nitrogen and oxygen atoms in total. The molecule has 0 aromatic carbocycles. The van der Waals surface area contributed by atoms with Crippen LogP contribution in [0.2, 0.25) is 0 Å². The van der Waals surface area contributed by atoms with Gasteiger partial charge in [0.1, 0.15) is 18.1 Å². The van der Waals surface area contributed by atoms with Gasteiger partial charge in [-0.2, -0.15) is 0 Å². The van der Waals surface area contributed by atoms with Crippen LogP contribution in [-0.2, 0) is 25.6 Å². The third kappa shape index (κ3) is 10.7. The Morgan fingerprint density at radius 1 is 1.03 bits per heavy atom. The van der Waals surface area contributed by atoms with E-state index in [1.165, 1.54) is 12.5 Å². The van der Waals surface area contributed by atoms with Gasteiger partial charge >= 0.3 is 5.97 Å². The molecule has 5 atom stereocenters. The molecule has 1 heterocycles. The van der Waals surface area contributed by atoms with Crippen molar-refractivity contribution in [3.05, 3.63) is 18.2 Å². The van der Waals surface area contributed by atoms with Gasteiger partial charge in [0.25, 0.3) is 0 Å². The van der Waals surface area contributed by atoms with E-state index in [0.717, 1.165) is 6.42 Å². The minimum absolute atomic E-state index is 0.0320. The Kier molecular flexibility index (Phi) is 13.7. The number of aliphatic carboxylic acids is 1. The molecule has 36 heavy (non-hydrogen) atoms. The Labute approximate surface area is 212 Å². The largest absolute Gasteiger partial charge is 0.480 e. The number of hydrogen-bond donors (Lipinski definition) is 7. The lowest BCUT2D eigenvalue weighted by Gasteiger charge is -2.27. The molecule has 1 aromatic rings. The topological polar surface area (TPSA) is 205 Å². The Balaban J connectivity index is 3.03. The first-order chi connectivity index (χ1) is 17.0. The molecule has 204 valence electrons. The first kappa shape index (κ1) is 31.0. The van der Waals surface area contributed by atoms with E-state index in [1.54, 1.807) is 6.92 Å². The molecule has 12 heteroatoms. The van der Waals surface area contributed by atoms with E-state index in [4.69, 9.17) is 11.5 Å². The van der Waals surface area contributed by atoms with E-state index >= 15 is 0 Å². The van der Waals surface area contributed by atoms with Gasteiger partial charge in [0.05, 0.1) is 12.4 Å². The van der Waals surface area contributed by atoms with Crippen molar-refractivity contribution in [3.63, 3.8) is 0 Å². The van der Waals surface area contributed by atoms with Crippen LogP contribution in [0.15, 0.2) is 12.5 Å². The molecule has 0 aliphatic carbocycles. The highest BCUT2D eigenvalue weighted by molar-refractivity contribution is 5.94. The van der Waals surface area contributed by atoms with Gasteiger partial charge in [0, 0.05) is 18.3 Å². The van der Waals surface area contributed by atoms with Crippen molar-refractivity contribution >= 4 is 23.7 Å². The standard InChI is InChI=1S/C24H43N7O5/c1-5-15(4)20(24(35)36)31-23(34)18(10-14(2)3)30-22(33)19(11-16-12-27-13-28-16)29-21(32)17(26)8-6-7-9-25/h12-15,17-20H,5-11,25-26H2,1-4H3,(H,27,28)(H,29,32)(H,30,33)(H,31,34)(H,35,36). The summed E-state index contributed by atoms with van der Waals surface area (Å²) < 4.78 is 0. The minimum atomic E-state index is -1.14. The summed E-state index contributed by atoms with van der Waals surface area (Å²) in [6, 6.07) is -3.90. The number of unbranched alkanes of at least 4 members (excludes halogenated alkanes) is 1. The third-order valence-electron chi connectivity index (χ3n) is 6.03. The monoisotopic (exact) mass is 509 g/mol. The molecule has 1 rings (SSSR count). The predicted octanol–water partition coefficient (Wildman–Crippen LogP) is 0.0397. The number of imidazole rings is 1. The zero-order valence-electron chi connectivity index (χ0n) is 21.8. The molecule has 0 spiro atoms. The average Bonchev–Trinajstić information content (AvgIpc) is 3.33. The van der Waals surface area contributed by atoms with Crippen molar-refractivity contribution in [2.45, 2.75) is 90.4 Å². The number of rotatable bonds is 17. The normalized spacial score (nSPS) is 15.4. The minimum Gasteiger partial charge on any atom is -0.480 e. The number of nitrogens with one attached hydrogen (secondary N) is 4. The van der Waals surface area contributed by atoms with Crippen LogP contribution in [-0.4, -0.2) is 69.5 Å². The Morgan fingerprint density at radius 3 is 2.19 bits per heavy atom. The fourth-order valence-corrected chi connectivity index (χ4v) is 3.66. The number of carbonyl (C=O) groups excluding carboxylic acids is 3. The smallest absolute Gasteiger partial charge is 0.326 e. The van der Waals surface area contributed by atoms with E-state index in [9.17, 15) is 24.3 Å². The van der Waals surface area contributed by atoms with Crippen LogP contribution >= 0.6 is 0 Å². The number of H-pyrrole nitrogens is 1. The number of nitrogens with zero attached hydrogens (tertiary/aromatic N) is 1. The van der Waals surface area contributed by atoms with E-state index in [1.807, 2.05) is 20.8 Å². The number of carboxylic acids is 1. The van der Waals surface area contributed by atoms with Gasteiger partial charge in [-0.05, 0) is 37.6 Å². The molecular formula is C24H43N7O5. The number of nitrogens with two attached hydrogens (primary N) is 2. The van der Waals surface area contributed by atoms with Crippen molar-refractivity contribution in [2.75, 3.05) is 6.54 Å². The van der Waals surface area contributed by atoms with Crippen molar-refractivity contribution < 1.29 is 24.3 Å². The van der Waals surface area contributed by atoms with Gasteiger partial charge in [0.15, 0.2) is 0 Å². The zero-order valence-corrected chi connectivity index (χ0v) is 21.8. The van der Waals surface area contributed by atoms with E-state index in [2.05, 4.69) is 25.9 Å². The quantitative estimate of drug-likeness (QED) is 0.142. The van der Waals surface area contributed by atoms with Crippen molar-refractivity contribution in [1.29, 1.82) is 0 Å². The van der Waals surface area contributed by atoms with E-state index in [0.29, 0.717) is 31.5 Å². The van der Waals surface area contributed by atoms with Crippen LogP contribution in [0.25, 0.3) is 0 Å². The maximum absolute atomic E-state index is 13.3. The van der Waals surface area contributed by atoms with Gasteiger partial charge in [-0.15, -0.1) is 0 Å². The summed E-state index contributed by atoms with van der Waals surface area (Å²) in [7, 11) is 0. The summed E-state index contributed by atoms with van der Waals surface area (Å²) in [5.74, 6) is -3.06. The Morgan fingerprint density at radius 2 is 1.67 bits per heavy atom. The highest BCUT2D eigenvalue weighted by atomic mass is 16.4. The van der Waals surface area contributed by atoms with Crippen molar-refractivity contribution in [2.24, 2.45) is 23.3 Å². The van der Waals surface area contributed by atoms with Gasteiger partial charge in [-0.25, -0.2) is 9.78 Å². The molecule has 0 fully saturated rings. The predicted molar refractivity (Wildman–Crippen MR) is 136 cm³/mol. The fraction of sp³-hybridized carbons (Fsp3) is 0.708. The second-order valence-corrected chi connectivity index (χ2v) is 9.63. The average molecular weight is 510 g/mol. The van der Waals surface area contributed by atoms with Gasteiger partial charge in [-0.3, -0.25) is 14.4 Å². The first-order valence-corrected chi connectivity index (χ1v) is 12.6. The summed E-state index contributed by atoms with van der Waals surface area (Å²) >= 11 is 0. The third-order valence-corrected chi connectivity index (χ3v) is 6.03. The fourth-order valence-electron chi connectivity index (χ4n) is 3.66. The number of carboxylic acid groups (broad SMARTS) is 1.